The zero-order valence-electron chi connectivity index (χ0n) is 17.4. The Hall–Kier alpha value is -3.55. The smallest absolute Gasteiger partial charge is 0.308 e. The van der Waals surface area contributed by atoms with Gasteiger partial charge in [-0.1, -0.05) is 30.3 Å². The molecule has 0 radical (unpaired) electrons. The molecule has 0 bridgehead atoms. The van der Waals surface area contributed by atoms with E-state index < -0.39 is 5.97 Å². The molecule has 2 rings (SSSR count). The maximum Gasteiger partial charge on any atom is 0.308 e. The highest BCUT2D eigenvalue weighted by Crippen LogP contribution is 2.32. The molecule has 0 saturated heterocycles. The molecule has 0 fully saturated rings. The molecule has 0 aliphatic rings. The van der Waals surface area contributed by atoms with Crippen LogP contribution in [-0.2, 0) is 20.9 Å². The zero-order valence-corrected chi connectivity index (χ0v) is 17.4. The highest BCUT2D eigenvalue weighted by molar-refractivity contribution is 5.82. The fourth-order valence-corrected chi connectivity index (χ4v) is 2.80. The Morgan fingerprint density at radius 2 is 1.63 bits per heavy atom. The number of ether oxygens (including phenoxy) is 2. The van der Waals surface area contributed by atoms with Crippen LogP contribution in [0.25, 0.3) is 0 Å². The number of rotatable bonds is 10. The van der Waals surface area contributed by atoms with Crippen LogP contribution >= 0.6 is 0 Å². The minimum atomic E-state index is -0.444. The molecule has 2 N–H and O–H groups in total. The second kappa shape index (κ2) is 11.5. The maximum absolute atomic E-state index is 12.5. The predicted octanol–water partition coefficient (Wildman–Crippen LogP) is 1.88. The van der Waals surface area contributed by atoms with E-state index in [1.807, 2.05) is 35.2 Å². The molecular weight excluding hydrogens is 386 g/mol. The highest BCUT2D eigenvalue weighted by atomic mass is 16.6. The van der Waals surface area contributed by atoms with E-state index in [0.29, 0.717) is 31.1 Å². The molecule has 0 aliphatic heterocycles. The number of hydrogen-bond donors (Lipinski definition) is 2. The Bertz CT molecular complexity index is 870. The number of hydrogen-bond acceptors (Lipinski definition) is 6. The Balaban J connectivity index is 2.17. The third-order valence-electron chi connectivity index (χ3n) is 4.14. The molecule has 0 heterocycles. The summed E-state index contributed by atoms with van der Waals surface area (Å²) in [6, 6.07) is 14.9. The van der Waals surface area contributed by atoms with Crippen molar-refractivity contribution >= 4 is 23.5 Å². The van der Waals surface area contributed by atoms with Crippen LogP contribution in [0.5, 0.6) is 11.5 Å². The fraction of sp³-hybridized carbons (Fsp3) is 0.318. The standard InChI is InChI=1S/C22H27N3O5/c1-16(26)23-11-12-24-22(28)15-25(14-18-7-5-4-6-8-18)19-9-10-20(30-17(2)27)21(13-19)29-3/h4-10,13H,11-12,14-15H2,1-3H3,(H,23,26)(H,24,28). The van der Waals surface area contributed by atoms with Gasteiger partial charge in [-0.05, 0) is 17.7 Å². The Morgan fingerprint density at radius 3 is 2.27 bits per heavy atom. The first-order valence-corrected chi connectivity index (χ1v) is 9.55. The van der Waals surface area contributed by atoms with Gasteiger partial charge < -0.3 is 25.0 Å². The lowest BCUT2D eigenvalue weighted by Crippen LogP contribution is -2.40. The molecule has 2 aromatic rings. The van der Waals surface area contributed by atoms with Crippen molar-refractivity contribution in [3.63, 3.8) is 0 Å². The predicted molar refractivity (Wildman–Crippen MR) is 113 cm³/mol. The first-order valence-electron chi connectivity index (χ1n) is 9.55. The number of carbonyl (C=O) groups is 3. The van der Waals surface area contributed by atoms with E-state index in [4.69, 9.17) is 9.47 Å². The lowest BCUT2D eigenvalue weighted by Gasteiger charge is -2.25. The summed E-state index contributed by atoms with van der Waals surface area (Å²) in [5.41, 5.74) is 1.77. The molecule has 8 heteroatoms. The summed E-state index contributed by atoms with van der Waals surface area (Å²) in [4.78, 5) is 36.6. The third kappa shape index (κ3) is 7.46. The Morgan fingerprint density at radius 1 is 0.933 bits per heavy atom. The van der Waals surface area contributed by atoms with Crippen molar-refractivity contribution in [2.75, 3.05) is 31.6 Å². The second-order valence-corrected chi connectivity index (χ2v) is 6.60. The van der Waals surface area contributed by atoms with Gasteiger partial charge in [-0.2, -0.15) is 0 Å². The van der Waals surface area contributed by atoms with Gasteiger partial charge in [0, 0.05) is 45.2 Å². The monoisotopic (exact) mass is 413 g/mol. The van der Waals surface area contributed by atoms with Crippen LogP contribution in [0, 0.1) is 0 Å². The molecule has 0 aromatic heterocycles. The first kappa shape index (κ1) is 22.7. The summed E-state index contributed by atoms with van der Waals surface area (Å²) >= 11 is 0. The van der Waals surface area contributed by atoms with Crippen LogP contribution in [0.4, 0.5) is 5.69 Å². The molecule has 0 aliphatic carbocycles. The van der Waals surface area contributed by atoms with Gasteiger partial charge in [-0.25, -0.2) is 0 Å². The molecule has 0 saturated carbocycles. The molecule has 2 amide bonds. The van der Waals surface area contributed by atoms with Crippen LogP contribution in [-0.4, -0.2) is 44.5 Å². The van der Waals surface area contributed by atoms with Gasteiger partial charge in [0.2, 0.25) is 11.8 Å². The van der Waals surface area contributed by atoms with Crippen LogP contribution < -0.4 is 25.0 Å². The van der Waals surface area contributed by atoms with Crippen molar-refractivity contribution in [1.29, 1.82) is 0 Å². The first-order chi connectivity index (χ1) is 14.4. The fourth-order valence-electron chi connectivity index (χ4n) is 2.80. The highest BCUT2D eigenvalue weighted by Gasteiger charge is 2.16. The SMILES string of the molecule is COc1cc(N(CC(=O)NCCNC(C)=O)Cc2ccccc2)ccc1OC(C)=O. The Labute approximate surface area is 176 Å². The second-order valence-electron chi connectivity index (χ2n) is 6.60. The molecule has 0 spiro atoms. The van der Waals surface area contributed by atoms with Gasteiger partial charge in [0.05, 0.1) is 13.7 Å². The van der Waals surface area contributed by atoms with Gasteiger partial charge >= 0.3 is 5.97 Å². The van der Waals surface area contributed by atoms with Crippen molar-refractivity contribution in [2.45, 2.75) is 20.4 Å². The summed E-state index contributed by atoms with van der Waals surface area (Å²) in [5.74, 6) is -0.0602. The van der Waals surface area contributed by atoms with E-state index in [2.05, 4.69) is 10.6 Å². The van der Waals surface area contributed by atoms with E-state index in [-0.39, 0.29) is 18.4 Å². The van der Waals surface area contributed by atoms with Gasteiger partial charge in [0.15, 0.2) is 11.5 Å². The lowest BCUT2D eigenvalue weighted by molar-refractivity contribution is -0.132. The summed E-state index contributed by atoms with van der Waals surface area (Å²) in [6.07, 6.45) is 0. The van der Waals surface area contributed by atoms with Crippen LogP contribution in [0.3, 0.4) is 0 Å². The number of anilines is 1. The van der Waals surface area contributed by atoms with Gasteiger partial charge in [0.25, 0.3) is 0 Å². The largest absolute Gasteiger partial charge is 0.493 e. The lowest BCUT2D eigenvalue weighted by atomic mass is 10.2. The topological polar surface area (TPSA) is 97.0 Å². The van der Waals surface area contributed by atoms with Crippen molar-refractivity contribution in [3.8, 4) is 11.5 Å². The average Bonchev–Trinajstić information content (AvgIpc) is 2.71. The third-order valence-corrected chi connectivity index (χ3v) is 4.14. The summed E-state index contributed by atoms with van der Waals surface area (Å²) in [5, 5.41) is 5.43. The number of nitrogens with one attached hydrogen (secondary N) is 2. The average molecular weight is 413 g/mol. The van der Waals surface area contributed by atoms with Crippen LogP contribution in [0.2, 0.25) is 0 Å². The molecule has 8 nitrogen and oxygen atoms in total. The van der Waals surface area contributed by atoms with E-state index in [9.17, 15) is 14.4 Å². The number of benzene rings is 2. The summed E-state index contributed by atoms with van der Waals surface area (Å²) in [6.45, 7) is 4.05. The normalized spacial score (nSPS) is 10.1. The number of amides is 2. The minimum absolute atomic E-state index is 0.102. The minimum Gasteiger partial charge on any atom is -0.493 e. The molecule has 160 valence electrons. The zero-order chi connectivity index (χ0) is 21.9. The quantitative estimate of drug-likeness (QED) is 0.351. The van der Waals surface area contributed by atoms with E-state index in [1.165, 1.54) is 21.0 Å². The molecular formula is C22H27N3O5. The number of esters is 1. The van der Waals surface area contributed by atoms with E-state index >= 15 is 0 Å². The van der Waals surface area contributed by atoms with Crippen molar-refractivity contribution in [1.82, 2.24) is 10.6 Å². The van der Waals surface area contributed by atoms with Crippen molar-refractivity contribution < 1.29 is 23.9 Å². The van der Waals surface area contributed by atoms with E-state index in [1.54, 1.807) is 18.2 Å². The Kier molecular flexibility index (Phi) is 8.68. The molecule has 2 aromatic carbocycles. The van der Waals surface area contributed by atoms with Crippen molar-refractivity contribution in [3.05, 3.63) is 54.1 Å². The number of nitrogens with zero attached hydrogens (tertiary/aromatic N) is 1. The summed E-state index contributed by atoms with van der Waals surface area (Å²) in [7, 11) is 1.49. The van der Waals surface area contributed by atoms with Gasteiger partial charge in [-0.3, -0.25) is 14.4 Å². The van der Waals surface area contributed by atoms with Gasteiger partial charge in [0.1, 0.15) is 0 Å². The van der Waals surface area contributed by atoms with Crippen LogP contribution in [0.1, 0.15) is 19.4 Å². The van der Waals surface area contributed by atoms with Crippen molar-refractivity contribution in [2.24, 2.45) is 0 Å². The number of carbonyl (C=O) groups excluding carboxylic acids is 3. The summed E-state index contributed by atoms with van der Waals surface area (Å²) < 4.78 is 10.5. The van der Waals surface area contributed by atoms with Crippen LogP contribution in [0.15, 0.2) is 48.5 Å². The molecule has 30 heavy (non-hydrogen) atoms. The van der Waals surface area contributed by atoms with Gasteiger partial charge in [-0.15, -0.1) is 0 Å². The molecule has 0 unspecified atom stereocenters. The van der Waals surface area contributed by atoms with E-state index in [0.717, 1.165) is 11.3 Å². The maximum atomic E-state index is 12.5. The molecule has 0 atom stereocenters. The number of methoxy groups -OCH3 is 1.